The molecule has 0 aliphatic carbocycles. The third-order valence-corrected chi connectivity index (χ3v) is 5.17. The summed E-state index contributed by atoms with van der Waals surface area (Å²) in [5.74, 6) is 1.00. The predicted molar refractivity (Wildman–Crippen MR) is 96.1 cm³/mol. The Kier molecular flexibility index (Phi) is 5.70. The first kappa shape index (κ1) is 17.4. The second-order valence-corrected chi connectivity index (χ2v) is 6.60. The van der Waals surface area contributed by atoms with Crippen LogP contribution in [-0.2, 0) is 5.41 Å². The lowest BCUT2D eigenvalue weighted by atomic mass is 9.65. The molecular formula is C21H28O2. The molecule has 124 valence electrons. The predicted octanol–water partition coefficient (Wildman–Crippen LogP) is 5.74. The summed E-state index contributed by atoms with van der Waals surface area (Å²) in [5.41, 5.74) is 2.53. The van der Waals surface area contributed by atoms with Gasteiger partial charge in [-0.1, -0.05) is 57.9 Å². The lowest BCUT2D eigenvalue weighted by Gasteiger charge is -2.38. The van der Waals surface area contributed by atoms with Gasteiger partial charge in [0.25, 0.3) is 0 Å². The molecule has 0 heterocycles. The quantitative estimate of drug-likeness (QED) is 0.684. The Morgan fingerprint density at radius 1 is 0.870 bits per heavy atom. The van der Waals surface area contributed by atoms with E-state index in [0.29, 0.717) is 17.4 Å². The van der Waals surface area contributed by atoms with E-state index in [1.54, 1.807) is 24.3 Å². The maximum absolute atomic E-state index is 9.59. The molecule has 0 saturated heterocycles. The van der Waals surface area contributed by atoms with Crippen LogP contribution in [0.2, 0.25) is 0 Å². The first-order valence-electron chi connectivity index (χ1n) is 8.59. The van der Waals surface area contributed by atoms with Gasteiger partial charge in [-0.05, 0) is 59.6 Å². The number of unbranched alkanes of at least 4 members (excludes halogenated alkanes) is 1. The van der Waals surface area contributed by atoms with Crippen molar-refractivity contribution >= 4 is 0 Å². The first-order chi connectivity index (χ1) is 11.0. The van der Waals surface area contributed by atoms with Crippen molar-refractivity contribution in [2.45, 2.75) is 57.8 Å². The smallest absolute Gasteiger partial charge is 0.115 e. The molecule has 2 rings (SSSR count). The SMILES string of the molecule is CCCC[C@H](c1ccc(O)cc1)[C@@](C)(CC)c1ccc(O)cc1. The molecule has 2 aromatic carbocycles. The van der Waals surface area contributed by atoms with Crippen LogP contribution in [-0.4, -0.2) is 10.2 Å². The van der Waals surface area contributed by atoms with Gasteiger partial charge in [0.05, 0.1) is 0 Å². The van der Waals surface area contributed by atoms with E-state index in [-0.39, 0.29) is 5.41 Å². The van der Waals surface area contributed by atoms with Crippen molar-refractivity contribution in [3.8, 4) is 11.5 Å². The summed E-state index contributed by atoms with van der Waals surface area (Å²) >= 11 is 0. The van der Waals surface area contributed by atoms with Crippen molar-refractivity contribution in [1.29, 1.82) is 0 Å². The van der Waals surface area contributed by atoms with Gasteiger partial charge in [-0.15, -0.1) is 0 Å². The fourth-order valence-electron chi connectivity index (χ4n) is 3.46. The van der Waals surface area contributed by atoms with Crippen molar-refractivity contribution in [1.82, 2.24) is 0 Å². The minimum absolute atomic E-state index is 0.000156. The Balaban J connectivity index is 2.44. The lowest BCUT2D eigenvalue weighted by molar-refractivity contribution is 0.337. The Labute approximate surface area is 139 Å². The summed E-state index contributed by atoms with van der Waals surface area (Å²) in [7, 11) is 0. The fourth-order valence-corrected chi connectivity index (χ4v) is 3.46. The Bertz CT molecular complexity index is 601. The van der Waals surface area contributed by atoms with Crippen LogP contribution >= 0.6 is 0 Å². The van der Waals surface area contributed by atoms with Crippen LogP contribution in [0.25, 0.3) is 0 Å². The van der Waals surface area contributed by atoms with Crippen molar-refractivity contribution < 1.29 is 10.2 Å². The molecule has 0 aliphatic heterocycles. The number of rotatable bonds is 7. The Hall–Kier alpha value is -1.96. The van der Waals surface area contributed by atoms with Crippen LogP contribution in [0.5, 0.6) is 11.5 Å². The van der Waals surface area contributed by atoms with Gasteiger partial charge in [-0.25, -0.2) is 0 Å². The second kappa shape index (κ2) is 7.54. The maximum Gasteiger partial charge on any atom is 0.115 e. The van der Waals surface area contributed by atoms with Crippen molar-refractivity contribution in [3.05, 3.63) is 59.7 Å². The second-order valence-electron chi connectivity index (χ2n) is 6.60. The highest BCUT2D eigenvalue weighted by Gasteiger charge is 2.34. The highest BCUT2D eigenvalue weighted by molar-refractivity contribution is 5.37. The molecule has 2 N–H and O–H groups in total. The summed E-state index contributed by atoms with van der Waals surface area (Å²) < 4.78 is 0. The number of hydrogen-bond donors (Lipinski definition) is 2. The standard InChI is InChI=1S/C21H28O2/c1-4-6-7-20(16-8-12-18(22)13-9-16)21(3,5-2)17-10-14-19(23)15-11-17/h8-15,20,22-23H,4-7H2,1-3H3/t20-,21+/m1/s1. The molecule has 2 atom stereocenters. The summed E-state index contributed by atoms with van der Waals surface area (Å²) in [6, 6.07) is 15.3. The van der Waals surface area contributed by atoms with Crippen LogP contribution in [0.3, 0.4) is 0 Å². The zero-order chi connectivity index (χ0) is 16.9. The molecule has 0 unspecified atom stereocenters. The number of benzene rings is 2. The van der Waals surface area contributed by atoms with E-state index in [4.69, 9.17) is 0 Å². The Morgan fingerprint density at radius 2 is 1.39 bits per heavy atom. The number of phenolic OH excluding ortho intramolecular Hbond substituents is 2. The molecular weight excluding hydrogens is 284 g/mol. The Morgan fingerprint density at radius 3 is 1.87 bits per heavy atom. The molecule has 2 aromatic rings. The molecule has 0 aromatic heterocycles. The maximum atomic E-state index is 9.59. The average Bonchev–Trinajstić information content (AvgIpc) is 2.57. The first-order valence-corrected chi connectivity index (χ1v) is 8.59. The molecule has 23 heavy (non-hydrogen) atoms. The van der Waals surface area contributed by atoms with E-state index < -0.39 is 0 Å². The number of aromatic hydroxyl groups is 2. The highest BCUT2D eigenvalue weighted by Crippen LogP contribution is 2.45. The summed E-state index contributed by atoms with van der Waals surface area (Å²) in [6.45, 7) is 6.76. The van der Waals surface area contributed by atoms with E-state index in [1.165, 1.54) is 24.0 Å². The van der Waals surface area contributed by atoms with E-state index in [1.807, 2.05) is 24.3 Å². The van der Waals surface area contributed by atoms with Crippen LogP contribution < -0.4 is 0 Å². The molecule has 0 amide bonds. The molecule has 2 heteroatoms. The molecule has 0 saturated carbocycles. The van der Waals surface area contributed by atoms with Gasteiger partial charge in [0.15, 0.2) is 0 Å². The van der Waals surface area contributed by atoms with Crippen LogP contribution in [0.1, 0.15) is 63.5 Å². The molecule has 0 bridgehead atoms. The zero-order valence-corrected chi connectivity index (χ0v) is 14.4. The zero-order valence-electron chi connectivity index (χ0n) is 14.4. The minimum atomic E-state index is -0.000156. The molecule has 0 aliphatic rings. The van der Waals surface area contributed by atoms with Crippen molar-refractivity contribution in [2.24, 2.45) is 0 Å². The number of hydrogen-bond acceptors (Lipinski definition) is 2. The van der Waals surface area contributed by atoms with Crippen LogP contribution in [0.4, 0.5) is 0 Å². The van der Waals surface area contributed by atoms with Gasteiger partial charge in [0.2, 0.25) is 0 Å². The van der Waals surface area contributed by atoms with E-state index in [9.17, 15) is 10.2 Å². The van der Waals surface area contributed by atoms with Gasteiger partial charge in [0, 0.05) is 0 Å². The molecule has 2 nitrogen and oxygen atoms in total. The van der Waals surface area contributed by atoms with Gasteiger partial charge < -0.3 is 10.2 Å². The van der Waals surface area contributed by atoms with Crippen molar-refractivity contribution in [3.63, 3.8) is 0 Å². The molecule has 0 spiro atoms. The topological polar surface area (TPSA) is 40.5 Å². The van der Waals surface area contributed by atoms with Gasteiger partial charge >= 0.3 is 0 Å². The van der Waals surface area contributed by atoms with Crippen molar-refractivity contribution in [2.75, 3.05) is 0 Å². The normalized spacial score (nSPS) is 15.1. The third kappa shape index (κ3) is 3.87. The van der Waals surface area contributed by atoms with Gasteiger partial charge in [-0.3, -0.25) is 0 Å². The summed E-state index contributed by atoms with van der Waals surface area (Å²) in [6.07, 6.45) is 4.49. The highest BCUT2D eigenvalue weighted by atomic mass is 16.3. The monoisotopic (exact) mass is 312 g/mol. The van der Waals surface area contributed by atoms with E-state index in [0.717, 1.165) is 12.8 Å². The number of phenols is 2. The lowest BCUT2D eigenvalue weighted by Crippen LogP contribution is -2.30. The summed E-state index contributed by atoms with van der Waals surface area (Å²) in [5, 5.41) is 19.2. The molecule has 0 radical (unpaired) electrons. The average molecular weight is 312 g/mol. The summed E-state index contributed by atoms with van der Waals surface area (Å²) in [4.78, 5) is 0. The molecule has 0 fully saturated rings. The van der Waals surface area contributed by atoms with E-state index >= 15 is 0 Å². The van der Waals surface area contributed by atoms with Crippen LogP contribution in [0.15, 0.2) is 48.5 Å². The van der Waals surface area contributed by atoms with Crippen LogP contribution in [0, 0.1) is 0 Å². The van der Waals surface area contributed by atoms with E-state index in [2.05, 4.69) is 20.8 Å². The van der Waals surface area contributed by atoms with Gasteiger partial charge in [0.1, 0.15) is 11.5 Å². The fraction of sp³-hybridized carbons (Fsp3) is 0.429. The third-order valence-electron chi connectivity index (χ3n) is 5.17. The largest absolute Gasteiger partial charge is 0.508 e. The minimum Gasteiger partial charge on any atom is -0.508 e. The van der Waals surface area contributed by atoms with Gasteiger partial charge in [-0.2, -0.15) is 0 Å².